The Hall–Kier alpha value is -1.75. The van der Waals surface area contributed by atoms with Gasteiger partial charge in [-0.05, 0) is 44.4 Å². The van der Waals surface area contributed by atoms with E-state index in [2.05, 4.69) is 0 Å². The standard InChI is InChI=1S/C16H25N3O2/c1-3-16(4-2)15(20)19(11-6-5-10-17)14-12(18)8-7-9-13(14)21-16/h7-9H,3-6,10-11,17-18H2,1-2H3. The van der Waals surface area contributed by atoms with Gasteiger partial charge in [0.25, 0.3) is 5.91 Å². The van der Waals surface area contributed by atoms with Crippen LogP contribution in [0.4, 0.5) is 11.4 Å². The maximum Gasteiger partial charge on any atom is 0.271 e. The second-order valence-electron chi connectivity index (χ2n) is 5.45. The maximum absolute atomic E-state index is 12.9. The highest BCUT2D eigenvalue weighted by molar-refractivity contribution is 6.05. The monoisotopic (exact) mass is 291 g/mol. The van der Waals surface area contributed by atoms with Crippen molar-refractivity contribution in [2.75, 3.05) is 23.7 Å². The average molecular weight is 291 g/mol. The summed E-state index contributed by atoms with van der Waals surface area (Å²) in [6.45, 7) is 5.22. The largest absolute Gasteiger partial charge is 0.475 e. The molecule has 1 aliphatic heterocycles. The molecule has 1 aromatic rings. The maximum atomic E-state index is 12.9. The first kappa shape index (κ1) is 15.6. The van der Waals surface area contributed by atoms with Crippen LogP contribution < -0.4 is 21.1 Å². The number of nitrogens with two attached hydrogens (primary N) is 2. The number of rotatable bonds is 6. The van der Waals surface area contributed by atoms with Crippen molar-refractivity contribution < 1.29 is 9.53 Å². The van der Waals surface area contributed by atoms with Crippen molar-refractivity contribution in [3.05, 3.63) is 18.2 Å². The first-order valence-electron chi connectivity index (χ1n) is 7.69. The minimum absolute atomic E-state index is 0.00919. The van der Waals surface area contributed by atoms with E-state index < -0.39 is 5.60 Å². The van der Waals surface area contributed by atoms with E-state index in [1.54, 1.807) is 11.0 Å². The number of ether oxygens (including phenoxy) is 1. The SMILES string of the molecule is CCC1(CC)Oc2cccc(N)c2N(CCCCN)C1=O. The van der Waals surface area contributed by atoms with Crippen molar-refractivity contribution in [3.8, 4) is 5.75 Å². The van der Waals surface area contributed by atoms with Crippen molar-refractivity contribution in [3.63, 3.8) is 0 Å². The Morgan fingerprint density at radius 2 is 1.95 bits per heavy atom. The molecular formula is C16H25N3O2. The number of nitrogen functional groups attached to an aromatic ring is 1. The molecule has 2 rings (SSSR count). The minimum atomic E-state index is -0.774. The number of nitrogens with zero attached hydrogens (tertiary/aromatic N) is 1. The molecular weight excluding hydrogens is 266 g/mol. The summed E-state index contributed by atoms with van der Waals surface area (Å²) in [4.78, 5) is 14.7. The number of para-hydroxylation sites is 1. The highest BCUT2D eigenvalue weighted by atomic mass is 16.5. The average Bonchev–Trinajstić information content (AvgIpc) is 2.49. The predicted octanol–water partition coefficient (Wildman–Crippen LogP) is 2.29. The van der Waals surface area contributed by atoms with Gasteiger partial charge in [-0.2, -0.15) is 0 Å². The van der Waals surface area contributed by atoms with Crippen LogP contribution in [0.1, 0.15) is 39.5 Å². The summed E-state index contributed by atoms with van der Waals surface area (Å²) in [7, 11) is 0. The van der Waals surface area contributed by atoms with E-state index >= 15 is 0 Å². The van der Waals surface area contributed by atoms with Crippen LogP contribution in [0, 0.1) is 0 Å². The molecule has 0 spiro atoms. The fourth-order valence-corrected chi connectivity index (χ4v) is 2.84. The van der Waals surface area contributed by atoms with Gasteiger partial charge in [-0.25, -0.2) is 0 Å². The van der Waals surface area contributed by atoms with Gasteiger partial charge in [0.15, 0.2) is 5.60 Å². The number of benzene rings is 1. The van der Waals surface area contributed by atoms with Crippen LogP contribution in [0.15, 0.2) is 18.2 Å². The lowest BCUT2D eigenvalue weighted by Crippen LogP contribution is -2.56. The third kappa shape index (κ3) is 2.70. The number of carbonyl (C=O) groups is 1. The predicted molar refractivity (Wildman–Crippen MR) is 85.4 cm³/mol. The molecule has 0 aliphatic carbocycles. The normalized spacial score (nSPS) is 16.5. The zero-order valence-electron chi connectivity index (χ0n) is 12.9. The Balaban J connectivity index is 2.42. The topological polar surface area (TPSA) is 81.6 Å². The molecule has 5 heteroatoms. The van der Waals surface area contributed by atoms with E-state index in [0.29, 0.717) is 43.1 Å². The molecule has 0 saturated heterocycles. The first-order valence-corrected chi connectivity index (χ1v) is 7.69. The van der Waals surface area contributed by atoms with E-state index in [1.165, 1.54) is 0 Å². The van der Waals surface area contributed by atoms with Crippen LogP contribution in [0.2, 0.25) is 0 Å². The second-order valence-corrected chi connectivity index (χ2v) is 5.45. The van der Waals surface area contributed by atoms with Crippen LogP contribution in [0.5, 0.6) is 5.75 Å². The highest BCUT2D eigenvalue weighted by Crippen LogP contribution is 2.43. The van der Waals surface area contributed by atoms with E-state index in [1.807, 2.05) is 26.0 Å². The Kier molecular flexibility index (Phi) is 4.73. The molecule has 0 radical (unpaired) electrons. The second kappa shape index (κ2) is 6.35. The molecule has 0 unspecified atom stereocenters. The van der Waals surface area contributed by atoms with E-state index in [0.717, 1.165) is 12.8 Å². The van der Waals surface area contributed by atoms with Crippen LogP contribution in [0.25, 0.3) is 0 Å². The van der Waals surface area contributed by atoms with Crippen LogP contribution >= 0.6 is 0 Å². The van der Waals surface area contributed by atoms with Crippen LogP contribution in [0.3, 0.4) is 0 Å². The van der Waals surface area contributed by atoms with Crippen molar-refractivity contribution >= 4 is 17.3 Å². The molecule has 1 aliphatic rings. The quantitative estimate of drug-likeness (QED) is 0.622. The minimum Gasteiger partial charge on any atom is -0.475 e. The van der Waals surface area contributed by atoms with E-state index in [4.69, 9.17) is 16.2 Å². The lowest BCUT2D eigenvalue weighted by Gasteiger charge is -2.42. The molecule has 21 heavy (non-hydrogen) atoms. The van der Waals surface area contributed by atoms with Gasteiger partial charge >= 0.3 is 0 Å². The van der Waals surface area contributed by atoms with E-state index in [-0.39, 0.29) is 5.91 Å². The van der Waals surface area contributed by atoms with Crippen molar-refractivity contribution in [2.45, 2.75) is 45.1 Å². The van der Waals surface area contributed by atoms with Gasteiger partial charge < -0.3 is 21.1 Å². The van der Waals surface area contributed by atoms with Crippen molar-refractivity contribution in [1.29, 1.82) is 0 Å². The number of anilines is 2. The number of amides is 1. The van der Waals surface area contributed by atoms with Crippen molar-refractivity contribution in [1.82, 2.24) is 0 Å². The van der Waals surface area contributed by atoms with Gasteiger partial charge in [-0.3, -0.25) is 4.79 Å². The lowest BCUT2D eigenvalue weighted by molar-refractivity contribution is -0.136. The highest BCUT2D eigenvalue weighted by Gasteiger charge is 2.46. The molecule has 4 N–H and O–H groups in total. The summed E-state index contributed by atoms with van der Waals surface area (Å²) < 4.78 is 6.05. The molecule has 1 amide bonds. The molecule has 5 nitrogen and oxygen atoms in total. The number of carbonyl (C=O) groups excluding carboxylic acids is 1. The first-order chi connectivity index (χ1) is 10.1. The fourth-order valence-electron chi connectivity index (χ4n) is 2.84. The molecule has 0 atom stereocenters. The van der Waals surface area contributed by atoms with Crippen LogP contribution in [-0.4, -0.2) is 24.6 Å². The fraction of sp³-hybridized carbons (Fsp3) is 0.562. The number of hydrogen-bond acceptors (Lipinski definition) is 4. The summed E-state index contributed by atoms with van der Waals surface area (Å²) in [6, 6.07) is 5.54. The summed E-state index contributed by atoms with van der Waals surface area (Å²) in [5.41, 5.74) is 12.1. The summed E-state index contributed by atoms with van der Waals surface area (Å²) in [5.74, 6) is 0.709. The third-order valence-electron chi connectivity index (χ3n) is 4.22. The Morgan fingerprint density at radius 3 is 2.57 bits per heavy atom. The number of fused-ring (bicyclic) bond motifs is 1. The summed E-state index contributed by atoms with van der Waals surface area (Å²) >= 11 is 0. The number of unbranched alkanes of at least 4 members (excludes halogenated alkanes) is 1. The van der Waals surface area contributed by atoms with Crippen molar-refractivity contribution in [2.24, 2.45) is 5.73 Å². The molecule has 1 aromatic carbocycles. The van der Waals surface area contributed by atoms with E-state index in [9.17, 15) is 4.79 Å². The third-order valence-corrected chi connectivity index (χ3v) is 4.22. The van der Waals surface area contributed by atoms with Gasteiger partial charge in [0.05, 0.1) is 5.69 Å². The van der Waals surface area contributed by atoms with Gasteiger partial charge in [-0.15, -0.1) is 0 Å². The van der Waals surface area contributed by atoms with Gasteiger partial charge in [0, 0.05) is 6.54 Å². The van der Waals surface area contributed by atoms with Gasteiger partial charge in [-0.1, -0.05) is 19.9 Å². The zero-order valence-corrected chi connectivity index (χ0v) is 12.9. The summed E-state index contributed by atoms with van der Waals surface area (Å²) in [5, 5.41) is 0. The van der Waals surface area contributed by atoms with Crippen LogP contribution in [-0.2, 0) is 4.79 Å². The van der Waals surface area contributed by atoms with Gasteiger partial charge in [0.1, 0.15) is 11.4 Å². The molecule has 0 aromatic heterocycles. The molecule has 1 heterocycles. The zero-order chi connectivity index (χ0) is 15.5. The lowest BCUT2D eigenvalue weighted by atomic mass is 9.92. The Morgan fingerprint density at radius 1 is 1.24 bits per heavy atom. The molecule has 116 valence electrons. The number of hydrogen-bond donors (Lipinski definition) is 2. The Labute approximate surface area is 126 Å². The molecule has 0 bridgehead atoms. The molecule has 0 fully saturated rings. The summed E-state index contributed by atoms with van der Waals surface area (Å²) in [6.07, 6.45) is 3.03. The Bertz CT molecular complexity index is 512. The van der Waals surface area contributed by atoms with Gasteiger partial charge in [0.2, 0.25) is 0 Å². The smallest absolute Gasteiger partial charge is 0.271 e. The molecule has 0 saturated carbocycles.